The summed E-state index contributed by atoms with van der Waals surface area (Å²) in [7, 11) is 0. The number of hydrogen-bond acceptors (Lipinski definition) is 4. The number of carbonyl (C=O) groups is 2. The summed E-state index contributed by atoms with van der Waals surface area (Å²) in [6, 6.07) is 12.8. The summed E-state index contributed by atoms with van der Waals surface area (Å²) in [4.78, 5) is 23.9. The Morgan fingerprint density at radius 2 is 1.79 bits per heavy atom. The number of nitrogens with one attached hydrogen (secondary N) is 1. The summed E-state index contributed by atoms with van der Waals surface area (Å²) in [6.45, 7) is 1.25. The quantitative estimate of drug-likeness (QED) is 0.616. The molecular formula is C20H15F3N2O3. The molecule has 1 amide bonds. The van der Waals surface area contributed by atoms with Gasteiger partial charge in [0, 0.05) is 6.08 Å². The first-order valence-corrected chi connectivity index (χ1v) is 8.06. The standard InChI is InChI=1S/C20H15F3N2O3/c1-13(19(27)25-17-5-3-2-4-16(17)20(21,22)23)28-18(26)11-10-14-6-8-15(12-24)9-7-14/h2-11,13H,1H3,(H,25,27)/b11-10+/t13-/m1/s1. The predicted octanol–water partition coefficient (Wildman–Crippen LogP) is 4.16. The number of rotatable bonds is 5. The maximum Gasteiger partial charge on any atom is 0.418 e. The number of halogens is 3. The van der Waals surface area contributed by atoms with Gasteiger partial charge >= 0.3 is 12.1 Å². The number of esters is 1. The smallest absolute Gasteiger partial charge is 0.418 e. The molecule has 0 bridgehead atoms. The van der Waals surface area contributed by atoms with Crippen molar-refractivity contribution in [2.24, 2.45) is 0 Å². The first-order valence-electron chi connectivity index (χ1n) is 8.06. The van der Waals surface area contributed by atoms with Gasteiger partial charge in [-0.25, -0.2) is 4.79 Å². The molecule has 28 heavy (non-hydrogen) atoms. The Kier molecular flexibility index (Phi) is 6.55. The molecule has 0 radical (unpaired) electrons. The van der Waals surface area contributed by atoms with Crippen molar-refractivity contribution in [2.75, 3.05) is 5.32 Å². The molecule has 0 unspecified atom stereocenters. The van der Waals surface area contributed by atoms with Gasteiger partial charge in [-0.05, 0) is 42.8 Å². The van der Waals surface area contributed by atoms with Crippen molar-refractivity contribution in [2.45, 2.75) is 19.2 Å². The van der Waals surface area contributed by atoms with Gasteiger partial charge in [0.25, 0.3) is 5.91 Å². The zero-order valence-electron chi connectivity index (χ0n) is 14.7. The van der Waals surface area contributed by atoms with Crippen LogP contribution < -0.4 is 5.32 Å². The van der Waals surface area contributed by atoms with Crippen LogP contribution in [-0.4, -0.2) is 18.0 Å². The lowest BCUT2D eigenvalue weighted by atomic mass is 10.1. The molecule has 0 aliphatic heterocycles. The van der Waals surface area contributed by atoms with Crippen LogP contribution in [0.1, 0.15) is 23.6 Å². The highest BCUT2D eigenvalue weighted by Gasteiger charge is 2.34. The van der Waals surface area contributed by atoms with Crippen molar-refractivity contribution in [3.8, 4) is 6.07 Å². The van der Waals surface area contributed by atoms with Gasteiger partial charge in [0.2, 0.25) is 0 Å². The molecule has 2 rings (SSSR count). The predicted molar refractivity (Wildman–Crippen MR) is 95.8 cm³/mol. The Labute approximate surface area is 159 Å². The Bertz CT molecular complexity index is 929. The van der Waals surface area contributed by atoms with Gasteiger partial charge in [0.1, 0.15) is 0 Å². The van der Waals surface area contributed by atoms with Gasteiger partial charge in [-0.2, -0.15) is 18.4 Å². The molecular weight excluding hydrogens is 373 g/mol. The maximum atomic E-state index is 13.0. The summed E-state index contributed by atoms with van der Waals surface area (Å²) in [5, 5.41) is 10.8. The van der Waals surface area contributed by atoms with Gasteiger partial charge in [-0.15, -0.1) is 0 Å². The van der Waals surface area contributed by atoms with Crippen LogP contribution in [0.15, 0.2) is 54.6 Å². The van der Waals surface area contributed by atoms with E-state index in [-0.39, 0.29) is 0 Å². The average Bonchev–Trinajstić information content (AvgIpc) is 2.66. The number of alkyl halides is 3. The number of nitrogens with zero attached hydrogens (tertiary/aromatic N) is 1. The lowest BCUT2D eigenvalue weighted by molar-refractivity contribution is -0.148. The fraction of sp³-hybridized carbons (Fsp3) is 0.150. The molecule has 2 aromatic rings. The van der Waals surface area contributed by atoms with Crippen LogP contribution in [0.3, 0.4) is 0 Å². The molecule has 0 saturated carbocycles. The number of carbonyl (C=O) groups excluding carboxylic acids is 2. The molecule has 8 heteroatoms. The number of amides is 1. The molecule has 2 aromatic carbocycles. The molecule has 0 aromatic heterocycles. The van der Waals surface area contributed by atoms with Crippen LogP contribution in [0.25, 0.3) is 6.08 Å². The van der Waals surface area contributed by atoms with Crippen LogP contribution in [0.4, 0.5) is 18.9 Å². The lowest BCUT2D eigenvalue weighted by Gasteiger charge is -2.16. The van der Waals surface area contributed by atoms with E-state index in [0.717, 1.165) is 18.2 Å². The van der Waals surface area contributed by atoms with E-state index in [9.17, 15) is 22.8 Å². The van der Waals surface area contributed by atoms with Crippen LogP contribution >= 0.6 is 0 Å². The Morgan fingerprint density at radius 1 is 1.14 bits per heavy atom. The van der Waals surface area contributed by atoms with E-state index < -0.39 is 35.4 Å². The van der Waals surface area contributed by atoms with Crippen molar-refractivity contribution in [1.82, 2.24) is 0 Å². The van der Waals surface area contributed by atoms with Gasteiger partial charge < -0.3 is 10.1 Å². The van der Waals surface area contributed by atoms with E-state index in [1.165, 1.54) is 25.1 Å². The third-order valence-corrected chi connectivity index (χ3v) is 3.60. The number of benzene rings is 2. The normalized spacial score (nSPS) is 12.2. The fourth-order valence-electron chi connectivity index (χ4n) is 2.17. The van der Waals surface area contributed by atoms with Crippen molar-refractivity contribution >= 4 is 23.6 Å². The molecule has 144 valence electrons. The molecule has 1 atom stereocenters. The Morgan fingerprint density at radius 3 is 2.39 bits per heavy atom. The molecule has 0 saturated heterocycles. The summed E-state index contributed by atoms with van der Waals surface area (Å²) < 4.78 is 43.8. The van der Waals surface area contributed by atoms with Crippen molar-refractivity contribution in [1.29, 1.82) is 5.26 Å². The summed E-state index contributed by atoms with van der Waals surface area (Å²) in [6.07, 6.45) is -3.44. The van der Waals surface area contributed by atoms with Crippen LogP contribution in [0.2, 0.25) is 0 Å². The minimum absolute atomic E-state index is 0.420. The van der Waals surface area contributed by atoms with Gasteiger partial charge in [-0.3, -0.25) is 4.79 Å². The van der Waals surface area contributed by atoms with E-state index >= 15 is 0 Å². The second-order valence-electron chi connectivity index (χ2n) is 5.68. The van der Waals surface area contributed by atoms with Gasteiger partial charge in [0.05, 0.1) is 22.9 Å². The topological polar surface area (TPSA) is 79.2 Å². The van der Waals surface area contributed by atoms with Crippen molar-refractivity contribution in [3.63, 3.8) is 0 Å². The number of anilines is 1. The highest BCUT2D eigenvalue weighted by Crippen LogP contribution is 2.34. The first-order chi connectivity index (χ1) is 13.2. The van der Waals surface area contributed by atoms with Crippen molar-refractivity contribution < 1.29 is 27.5 Å². The third-order valence-electron chi connectivity index (χ3n) is 3.60. The van der Waals surface area contributed by atoms with Gasteiger partial charge in [0.15, 0.2) is 6.10 Å². The lowest BCUT2D eigenvalue weighted by Crippen LogP contribution is -2.30. The van der Waals surface area contributed by atoms with E-state index in [1.807, 2.05) is 6.07 Å². The SMILES string of the molecule is C[C@@H](OC(=O)/C=C/c1ccc(C#N)cc1)C(=O)Nc1ccccc1C(F)(F)F. The summed E-state index contributed by atoms with van der Waals surface area (Å²) in [5.41, 5.74) is -0.324. The zero-order valence-corrected chi connectivity index (χ0v) is 14.7. The fourth-order valence-corrected chi connectivity index (χ4v) is 2.17. The minimum atomic E-state index is -4.63. The summed E-state index contributed by atoms with van der Waals surface area (Å²) >= 11 is 0. The van der Waals surface area contributed by atoms with E-state index in [4.69, 9.17) is 10.00 Å². The number of para-hydroxylation sites is 1. The average molecular weight is 388 g/mol. The highest BCUT2D eigenvalue weighted by molar-refractivity contribution is 5.97. The highest BCUT2D eigenvalue weighted by atomic mass is 19.4. The second kappa shape index (κ2) is 8.86. The molecule has 0 aliphatic carbocycles. The third kappa shape index (κ3) is 5.71. The molecule has 1 N–H and O–H groups in total. The van der Waals surface area contributed by atoms with Crippen LogP contribution in [-0.2, 0) is 20.5 Å². The summed E-state index contributed by atoms with van der Waals surface area (Å²) in [5.74, 6) is -1.73. The van der Waals surface area contributed by atoms with E-state index in [1.54, 1.807) is 24.3 Å². The molecule has 0 fully saturated rings. The number of hydrogen-bond donors (Lipinski definition) is 1. The zero-order chi connectivity index (χ0) is 20.7. The van der Waals surface area contributed by atoms with E-state index in [2.05, 4.69) is 5.32 Å². The molecule has 5 nitrogen and oxygen atoms in total. The van der Waals surface area contributed by atoms with Crippen molar-refractivity contribution in [3.05, 3.63) is 71.3 Å². The second-order valence-corrected chi connectivity index (χ2v) is 5.68. The number of ether oxygens (including phenoxy) is 1. The van der Waals surface area contributed by atoms with Crippen LogP contribution in [0, 0.1) is 11.3 Å². The first kappa shape index (κ1) is 20.7. The maximum absolute atomic E-state index is 13.0. The van der Waals surface area contributed by atoms with Gasteiger partial charge in [-0.1, -0.05) is 24.3 Å². The van der Waals surface area contributed by atoms with E-state index in [0.29, 0.717) is 11.1 Å². The monoisotopic (exact) mass is 388 g/mol. The Balaban J connectivity index is 1.98. The van der Waals surface area contributed by atoms with Crippen LogP contribution in [0.5, 0.6) is 0 Å². The number of nitriles is 1. The minimum Gasteiger partial charge on any atom is -0.449 e. The Hall–Kier alpha value is -3.60. The largest absolute Gasteiger partial charge is 0.449 e. The molecule has 0 heterocycles. The molecule has 0 spiro atoms. The molecule has 0 aliphatic rings.